The number of aliphatic carboxylic acids is 4. The number of rotatable bonds is 11. The summed E-state index contributed by atoms with van der Waals surface area (Å²) in [7, 11) is 0. The molecule has 122 valence electrons. The van der Waals surface area contributed by atoms with Crippen LogP contribution in [-0.4, -0.2) is 88.6 Å². The van der Waals surface area contributed by atoms with Crippen molar-refractivity contribution >= 4 is 23.9 Å². The number of carbonyl (C=O) groups excluding carboxylic acids is 2. The summed E-state index contributed by atoms with van der Waals surface area (Å²) in [4.78, 5) is 43.9. The molecule has 11 nitrogen and oxygen atoms in total. The Kier molecular flexibility index (Phi) is 22.1. The molecule has 0 saturated carbocycles. The number of hydrogen-bond donors (Lipinski definition) is 2. The van der Waals surface area contributed by atoms with E-state index in [9.17, 15) is 29.4 Å². The second-order valence-electron chi connectivity index (χ2n) is 3.95. The Hall–Kier alpha value is -0.240. The van der Waals surface area contributed by atoms with Crippen LogP contribution in [0.3, 0.4) is 0 Å². The van der Waals surface area contributed by atoms with Crippen LogP contribution in [-0.2, 0) is 19.2 Å². The normalized spacial score (nSPS) is 9.30. The molecule has 0 radical (unpaired) electrons. The first-order valence-electron chi connectivity index (χ1n) is 5.48. The van der Waals surface area contributed by atoms with Crippen molar-refractivity contribution in [3.05, 3.63) is 0 Å². The van der Waals surface area contributed by atoms with E-state index in [1.807, 2.05) is 0 Å². The fraction of sp³-hybridized carbons (Fsp3) is 0.600. The average molecular weight is 354 g/mol. The summed E-state index contributed by atoms with van der Waals surface area (Å²) in [6, 6.07) is 0. The largest absolute Gasteiger partial charge is 1.00 e. The van der Waals surface area contributed by atoms with E-state index >= 15 is 0 Å². The van der Waals surface area contributed by atoms with Crippen molar-refractivity contribution in [1.29, 1.82) is 0 Å². The topological polar surface area (TPSA) is 193 Å². The van der Waals surface area contributed by atoms with Crippen molar-refractivity contribution < 1.29 is 104 Å². The Morgan fingerprint density at radius 1 is 0.696 bits per heavy atom. The third-order valence-electron chi connectivity index (χ3n) is 2.16. The Bertz CT molecular complexity index is 327. The maximum atomic E-state index is 10.5. The molecule has 13 heteroatoms. The van der Waals surface area contributed by atoms with Gasteiger partial charge in [-0.25, -0.2) is 0 Å². The van der Waals surface area contributed by atoms with Crippen LogP contribution < -0.4 is 69.3 Å². The van der Waals surface area contributed by atoms with Crippen molar-refractivity contribution in [3.8, 4) is 0 Å². The third-order valence-corrected chi connectivity index (χ3v) is 2.16. The molecule has 0 saturated heterocycles. The smallest absolute Gasteiger partial charge is 0.549 e. The van der Waals surface area contributed by atoms with Crippen LogP contribution in [0, 0.1) is 0 Å². The Morgan fingerprint density at radius 2 is 0.957 bits per heavy atom. The van der Waals surface area contributed by atoms with Crippen molar-refractivity contribution in [2.75, 3.05) is 39.3 Å². The number of carboxylic acid groups (broad SMARTS) is 4. The molecule has 0 aliphatic heterocycles. The summed E-state index contributed by atoms with van der Waals surface area (Å²) < 4.78 is 0. The van der Waals surface area contributed by atoms with Gasteiger partial charge in [0, 0.05) is 26.2 Å². The predicted octanol–water partition coefficient (Wildman–Crippen LogP) is -11.6. The monoisotopic (exact) mass is 354 g/mol. The van der Waals surface area contributed by atoms with Crippen LogP contribution in [0.15, 0.2) is 0 Å². The van der Waals surface area contributed by atoms with Crippen LogP contribution in [0.1, 0.15) is 0 Å². The molecule has 0 aromatic rings. The maximum Gasteiger partial charge on any atom is 1.00 e. The van der Waals surface area contributed by atoms with E-state index < -0.39 is 50.1 Å². The van der Waals surface area contributed by atoms with E-state index in [4.69, 9.17) is 10.2 Å². The first-order chi connectivity index (χ1) is 9.20. The molecule has 0 aliphatic carbocycles. The molecule has 0 atom stereocenters. The summed E-state index contributed by atoms with van der Waals surface area (Å²) in [5, 5.41) is 38.0. The number of carbonyl (C=O) groups is 4. The number of carboxylic acids is 4. The van der Waals surface area contributed by atoms with Gasteiger partial charge in [0.05, 0.1) is 25.0 Å². The van der Waals surface area contributed by atoms with Crippen LogP contribution in [0.2, 0.25) is 0 Å². The van der Waals surface area contributed by atoms with Gasteiger partial charge in [-0.15, -0.1) is 0 Å². The van der Waals surface area contributed by atoms with Crippen molar-refractivity contribution in [1.82, 2.24) is 9.80 Å². The summed E-state index contributed by atoms with van der Waals surface area (Å²) in [6.07, 6.45) is 0. The van der Waals surface area contributed by atoms with Crippen LogP contribution in [0.5, 0.6) is 0 Å². The fourth-order valence-corrected chi connectivity index (χ4v) is 1.46. The predicted molar refractivity (Wildman–Crippen MR) is 61.8 cm³/mol. The Balaban J connectivity index is -0.000000602. The Morgan fingerprint density at radius 3 is 1.17 bits per heavy atom. The first kappa shape index (κ1) is 30.6. The van der Waals surface area contributed by atoms with Gasteiger partial charge in [-0.1, -0.05) is 0 Å². The zero-order valence-corrected chi connectivity index (χ0v) is 17.0. The van der Waals surface area contributed by atoms with E-state index in [2.05, 4.69) is 0 Å². The van der Waals surface area contributed by atoms with Crippen LogP contribution in [0.4, 0.5) is 0 Å². The number of hydrogen-bond acceptors (Lipinski definition) is 8. The second kappa shape index (κ2) is 16.6. The first-order valence-corrected chi connectivity index (χ1v) is 5.48. The summed E-state index contributed by atoms with van der Waals surface area (Å²) in [6.45, 7) is -2.75. The second-order valence-corrected chi connectivity index (χ2v) is 3.95. The van der Waals surface area contributed by atoms with Crippen LogP contribution >= 0.6 is 0 Å². The van der Waals surface area contributed by atoms with Crippen molar-refractivity contribution in [3.63, 3.8) is 0 Å². The molecule has 0 fully saturated rings. The average Bonchev–Trinajstić information content (AvgIpc) is 2.22. The van der Waals surface area contributed by atoms with Gasteiger partial charge in [0.2, 0.25) is 0 Å². The summed E-state index contributed by atoms with van der Waals surface area (Å²) in [5.74, 6) is -5.52. The van der Waals surface area contributed by atoms with E-state index in [0.29, 0.717) is 0 Å². The summed E-state index contributed by atoms with van der Waals surface area (Å²) in [5.41, 5.74) is 0. The number of nitrogens with zero attached hydrogens (tertiary/aromatic N) is 2. The Labute approximate surface area is 176 Å². The standard InChI is InChI=1S/C10H16N2O8.2Na.H2O/c13-7(14)3-11(4-8(15)16)1-2-12(5-9(17)18)6-10(19)20;;;/h1-6H2,(H,13,14)(H,15,16)(H,17,18)(H,19,20);;;1H2/q;2*+1;/p-2. The fourth-order valence-electron chi connectivity index (χ4n) is 1.46. The van der Waals surface area contributed by atoms with Crippen molar-refractivity contribution in [2.24, 2.45) is 0 Å². The molecule has 0 aliphatic rings. The molecule has 0 aromatic carbocycles. The van der Waals surface area contributed by atoms with Gasteiger partial charge in [0.25, 0.3) is 0 Å². The van der Waals surface area contributed by atoms with Gasteiger partial charge in [0.1, 0.15) is 0 Å². The third kappa shape index (κ3) is 19.7. The molecule has 0 aromatic heterocycles. The zero-order chi connectivity index (χ0) is 15.7. The minimum atomic E-state index is -1.51. The van der Waals surface area contributed by atoms with E-state index in [1.54, 1.807) is 0 Å². The quantitative estimate of drug-likeness (QED) is 0.336. The maximum absolute atomic E-state index is 10.5. The van der Waals surface area contributed by atoms with Gasteiger partial charge in [0.15, 0.2) is 0 Å². The molecule has 0 bridgehead atoms. The van der Waals surface area contributed by atoms with Crippen molar-refractivity contribution in [2.45, 2.75) is 0 Å². The molecule has 4 N–H and O–H groups in total. The minimum absolute atomic E-state index is 0. The summed E-state index contributed by atoms with van der Waals surface area (Å²) >= 11 is 0. The molecule has 23 heavy (non-hydrogen) atoms. The molecule has 0 spiro atoms. The van der Waals surface area contributed by atoms with Crippen LogP contribution in [0.25, 0.3) is 0 Å². The molecular formula is C10H16N2Na2O9. The SMILES string of the molecule is O.O=C([O-])CN(CCN(CC(=O)O)CC(=O)O)CC(=O)[O-].[Na+].[Na+]. The van der Waals surface area contributed by atoms with Gasteiger partial charge >= 0.3 is 71.1 Å². The molecule has 0 rings (SSSR count). The van der Waals surface area contributed by atoms with Gasteiger partial charge in [-0.05, 0) is 0 Å². The van der Waals surface area contributed by atoms with Gasteiger partial charge in [-0.3, -0.25) is 19.4 Å². The van der Waals surface area contributed by atoms with E-state index in [1.165, 1.54) is 0 Å². The molecular weight excluding hydrogens is 338 g/mol. The van der Waals surface area contributed by atoms with E-state index in [0.717, 1.165) is 9.80 Å². The zero-order valence-electron chi connectivity index (χ0n) is 13.0. The molecule has 0 amide bonds. The van der Waals surface area contributed by atoms with Gasteiger partial charge < -0.3 is 35.5 Å². The van der Waals surface area contributed by atoms with E-state index in [-0.39, 0.29) is 77.7 Å². The molecule has 0 unspecified atom stereocenters. The minimum Gasteiger partial charge on any atom is -0.549 e. The van der Waals surface area contributed by atoms with Gasteiger partial charge in [-0.2, -0.15) is 0 Å². The molecule has 0 heterocycles.